The van der Waals surface area contributed by atoms with E-state index in [2.05, 4.69) is 116 Å². The van der Waals surface area contributed by atoms with E-state index >= 15 is 0 Å². The molecule has 9 N–H and O–H groups in total. The summed E-state index contributed by atoms with van der Waals surface area (Å²) in [7, 11) is 0. The van der Waals surface area contributed by atoms with Crippen LogP contribution in [0.2, 0.25) is 0 Å². The Kier molecular flexibility index (Phi) is 51.9. The van der Waals surface area contributed by atoms with Crippen molar-refractivity contribution in [1.29, 1.82) is 0 Å². The quantitative estimate of drug-likeness (QED) is 0.0204. The minimum Gasteiger partial charge on any atom is -0.394 e. The number of amides is 1. The van der Waals surface area contributed by atoms with Gasteiger partial charge in [0.15, 0.2) is 12.6 Å². The van der Waals surface area contributed by atoms with Crippen LogP contribution in [0.25, 0.3) is 0 Å². The van der Waals surface area contributed by atoms with Crippen LogP contribution in [0.1, 0.15) is 251 Å². The van der Waals surface area contributed by atoms with Crippen molar-refractivity contribution < 1.29 is 64.6 Å². The topological polar surface area (TPSA) is 228 Å². The van der Waals surface area contributed by atoms with E-state index in [-0.39, 0.29) is 18.9 Å². The number of aliphatic hydroxyl groups excluding tert-OH is 8. The van der Waals surface area contributed by atoms with Crippen molar-refractivity contribution in [2.24, 2.45) is 0 Å². The molecule has 2 fully saturated rings. The van der Waals surface area contributed by atoms with Gasteiger partial charge in [-0.25, -0.2) is 0 Å². The lowest BCUT2D eigenvalue weighted by Gasteiger charge is -2.46. The van der Waals surface area contributed by atoms with Crippen LogP contribution in [0.4, 0.5) is 0 Å². The predicted octanol–water partition coefficient (Wildman–Crippen LogP) is 14.0. The largest absolute Gasteiger partial charge is 0.394 e. The first-order valence-electron chi connectivity index (χ1n) is 34.6. The van der Waals surface area contributed by atoms with Crippen molar-refractivity contribution in [3.63, 3.8) is 0 Å². The van der Waals surface area contributed by atoms with Gasteiger partial charge in [0.25, 0.3) is 0 Å². The fourth-order valence-electron chi connectivity index (χ4n) is 10.7. The summed E-state index contributed by atoms with van der Waals surface area (Å²) in [6.07, 6.45) is 64.2. The normalized spacial score (nSPS) is 24.0. The van der Waals surface area contributed by atoms with Crippen LogP contribution in [-0.2, 0) is 23.7 Å². The van der Waals surface area contributed by atoms with Gasteiger partial charge in [-0.2, -0.15) is 0 Å². The van der Waals surface area contributed by atoms with E-state index in [4.69, 9.17) is 18.9 Å². The van der Waals surface area contributed by atoms with Crippen LogP contribution in [0.3, 0.4) is 0 Å². The van der Waals surface area contributed by atoms with Gasteiger partial charge in [-0.1, -0.05) is 264 Å². The summed E-state index contributed by atoms with van der Waals surface area (Å²) in [6.45, 7) is 2.67. The van der Waals surface area contributed by atoms with Gasteiger partial charge >= 0.3 is 0 Å². The molecule has 14 heteroatoms. The summed E-state index contributed by atoms with van der Waals surface area (Å²) >= 11 is 0. The van der Waals surface area contributed by atoms with Crippen molar-refractivity contribution in [3.05, 3.63) is 109 Å². The predicted molar refractivity (Wildman–Crippen MR) is 355 cm³/mol. The molecule has 2 saturated heterocycles. The molecule has 0 radical (unpaired) electrons. The average Bonchev–Trinajstić information content (AvgIpc) is 2.33. The minimum atomic E-state index is -1.80. The molecule has 0 aromatic heterocycles. The molecule has 14 nitrogen and oxygen atoms in total. The van der Waals surface area contributed by atoms with Crippen LogP contribution < -0.4 is 5.32 Å². The second kappa shape index (κ2) is 56.6. The molecule has 0 aromatic rings. The van der Waals surface area contributed by atoms with E-state index in [1.54, 1.807) is 6.08 Å². The van der Waals surface area contributed by atoms with Gasteiger partial charge in [0.1, 0.15) is 48.8 Å². The van der Waals surface area contributed by atoms with Crippen molar-refractivity contribution in [3.8, 4) is 0 Å². The van der Waals surface area contributed by atoms with Crippen LogP contribution in [0.15, 0.2) is 109 Å². The molecule has 12 atom stereocenters. The first kappa shape index (κ1) is 79.7. The lowest BCUT2D eigenvalue weighted by atomic mass is 9.97. The van der Waals surface area contributed by atoms with Crippen LogP contribution >= 0.6 is 0 Å². The highest BCUT2D eigenvalue weighted by atomic mass is 16.7. The Labute approximate surface area is 527 Å². The standard InChI is InChI=1S/C73H125NO13/c1-3-5-7-9-11-13-15-17-19-21-23-25-27-28-29-30-31-32-33-34-35-37-39-41-43-45-47-49-51-53-55-57-65(78)74-61(60-84-72-70(83)68(81)71(64(59-76)86-72)87-73-69(82)67(80)66(79)63(58-75)85-73)62(77)56-54-52-50-48-46-44-42-40-38-36-26-24-22-20-18-16-14-12-10-8-6-4-2/h5,7,11,13,17,19,23,25,28-29,31-32,34-35,46,48,54,56,61-64,66-73,75-77,79-83H,3-4,6,8-10,12,14-16,18,20-22,24,26-27,30,33,36-45,47,49-53,55,57-60H2,1-2H3,(H,74,78)/b7-5-,13-11-,19-17-,25-23-,29-28-,32-31-,35-34-,48-46+,56-54+. The van der Waals surface area contributed by atoms with Gasteiger partial charge in [-0.15, -0.1) is 0 Å². The summed E-state index contributed by atoms with van der Waals surface area (Å²) in [5.74, 6) is -0.258. The third-order valence-electron chi connectivity index (χ3n) is 16.2. The van der Waals surface area contributed by atoms with Gasteiger partial charge in [0.2, 0.25) is 5.91 Å². The number of rotatable bonds is 55. The van der Waals surface area contributed by atoms with Crippen molar-refractivity contribution in [2.75, 3.05) is 19.8 Å². The number of carbonyl (C=O) groups excluding carboxylic acids is 1. The highest BCUT2D eigenvalue weighted by Gasteiger charge is 2.51. The summed E-state index contributed by atoms with van der Waals surface area (Å²) < 4.78 is 22.8. The first-order chi connectivity index (χ1) is 42.6. The second-order valence-electron chi connectivity index (χ2n) is 23.9. The molecule has 2 rings (SSSR count). The van der Waals surface area contributed by atoms with Crippen LogP contribution in [0, 0.1) is 0 Å². The van der Waals surface area contributed by atoms with E-state index in [1.807, 2.05) is 6.08 Å². The molecule has 1 amide bonds. The lowest BCUT2D eigenvalue weighted by molar-refractivity contribution is -0.359. The van der Waals surface area contributed by atoms with Crippen molar-refractivity contribution >= 4 is 5.91 Å². The fourth-order valence-corrected chi connectivity index (χ4v) is 10.7. The zero-order valence-corrected chi connectivity index (χ0v) is 54.2. The molecule has 12 unspecified atom stereocenters. The van der Waals surface area contributed by atoms with Crippen molar-refractivity contribution in [2.45, 2.75) is 325 Å². The third kappa shape index (κ3) is 40.9. The first-order valence-corrected chi connectivity index (χ1v) is 34.6. The molecule has 2 heterocycles. The Balaban J connectivity index is 1.71. The number of nitrogens with one attached hydrogen (secondary N) is 1. The van der Waals surface area contributed by atoms with Gasteiger partial charge in [0, 0.05) is 6.42 Å². The zero-order valence-electron chi connectivity index (χ0n) is 54.2. The summed E-state index contributed by atoms with van der Waals surface area (Å²) in [4.78, 5) is 13.3. The SMILES string of the molecule is CC/C=C\C/C=C\C/C=C\C/C=C\C/C=C\C/C=C\C/C=C\CCCCCCCCCCCC(=O)NC(COC1OC(CO)C(OC2OC(CO)C(O)C(O)C2O)C(O)C1O)C(O)/C=C/CC/C=C/CCCCCCCCCCCCCCCCCC. The Morgan fingerprint density at radius 3 is 1.26 bits per heavy atom. The fraction of sp³-hybridized carbons (Fsp3) is 0.740. The van der Waals surface area contributed by atoms with Gasteiger partial charge in [0.05, 0.1) is 32.0 Å². The Bertz CT molecular complexity index is 1880. The van der Waals surface area contributed by atoms with Gasteiger partial charge in [-0.05, 0) is 89.9 Å². The molecule has 0 saturated carbocycles. The maximum absolute atomic E-state index is 13.3. The van der Waals surface area contributed by atoms with Gasteiger partial charge < -0.3 is 65.1 Å². The number of allylic oxidation sites excluding steroid dienone is 17. The Morgan fingerprint density at radius 1 is 0.425 bits per heavy atom. The number of ether oxygens (including phenoxy) is 4. The number of unbranched alkanes of at least 4 members (excludes halogenated alkanes) is 26. The van der Waals surface area contributed by atoms with Crippen molar-refractivity contribution in [1.82, 2.24) is 5.32 Å². The maximum Gasteiger partial charge on any atom is 0.220 e. The molecule has 87 heavy (non-hydrogen) atoms. The summed E-state index contributed by atoms with van der Waals surface area (Å²) in [5, 5.41) is 87.4. The van der Waals surface area contributed by atoms with E-state index in [1.165, 1.54) is 135 Å². The van der Waals surface area contributed by atoms with Gasteiger partial charge in [-0.3, -0.25) is 4.79 Å². The van der Waals surface area contributed by atoms with E-state index in [0.717, 1.165) is 83.5 Å². The number of hydrogen-bond acceptors (Lipinski definition) is 13. The summed E-state index contributed by atoms with van der Waals surface area (Å²) in [6, 6.07) is -0.944. The molecule has 0 aromatic carbocycles. The second-order valence-corrected chi connectivity index (χ2v) is 23.9. The van der Waals surface area contributed by atoms with Crippen LogP contribution in [-0.4, -0.2) is 140 Å². The molecular weight excluding hydrogens is 1100 g/mol. The van der Waals surface area contributed by atoms with Crippen LogP contribution in [0.5, 0.6) is 0 Å². The minimum absolute atomic E-state index is 0.258. The molecule has 0 spiro atoms. The lowest BCUT2D eigenvalue weighted by Crippen LogP contribution is -2.65. The average molecular weight is 1220 g/mol. The van der Waals surface area contributed by atoms with E-state index < -0.39 is 86.8 Å². The molecule has 2 aliphatic heterocycles. The Morgan fingerprint density at radius 2 is 0.805 bits per heavy atom. The maximum atomic E-state index is 13.3. The highest BCUT2D eigenvalue weighted by Crippen LogP contribution is 2.30. The molecule has 2 aliphatic rings. The molecular formula is C73H125NO13. The Hall–Kier alpha value is -3.35. The molecule has 0 aliphatic carbocycles. The van der Waals surface area contributed by atoms with E-state index in [0.29, 0.717) is 12.8 Å². The smallest absolute Gasteiger partial charge is 0.220 e. The highest BCUT2D eigenvalue weighted by molar-refractivity contribution is 5.76. The third-order valence-corrected chi connectivity index (χ3v) is 16.2. The number of carbonyl (C=O) groups is 1. The summed E-state index contributed by atoms with van der Waals surface area (Å²) in [5.41, 5.74) is 0. The molecule has 0 bridgehead atoms. The number of aliphatic hydroxyl groups is 8. The van der Waals surface area contributed by atoms with E-state index in [9.17, 15) is 45.6 Å². The number of hydrogen-bond donors (Lipinski definition) is 9. The molecule has 500 valence electrons. The zero-order chi connectivity index (χ0) is 63.1. The monoisotopic (exact) mass is 1220 g/mol.